The average molecular weight is 356 g/mol. The van der Waals surface area contributed by atoms with Crippen LogP contribution in [0.4, 0.5) is 5.69 Å². The SMILES string of the molecule is Cc1cccc(NC(=O)c2cnn(-c3ccc4ccccc4n3)c2C)c1C. The van der Waals surface area contributed by atoms with E-state index in [0.29, 0.717) is 11.4 Å². The van der Waals surface area contributed by atoms with E-state index in [1.807, 2.05) is 75.4 Å². The van der Waals surface area contributed by atoms with Gasteiger partial charge in [0.25, 0.3) is 5.91 Å². The first-order chi connectivity index (χ1) is 13.0. The molecule has 134 valence electrons. The number of fused-ring (bicyclic) bond motifs is 1. The van der Waals surface area contributed by atoms with Gasteiger partial charge in [0.15, 0.2) is 5.82 Å². The molecule has 5 nitrogen and oxygen atoms in total. The van der Waals surface area contributed by atoms with Crippen LogP contribution in [0, 0.1) is 20.8 Å². The van der Waals surface area contributed by atoms with Crippen molar-refractivity contribution in [1.82, 2.24) is 14.8 Å². The number of amides is 1. The summed E-state index contributed by atoms with van der Waals surface area (Å²) in [5.74, 6) is 0.519. The molecule has 5 heteroatoms. The smallest absolute Gasteiger partial charge is 0.259 e. The number of aromatic nitrogens is 3. The second-order valence-corrected chi connectivity index (χ2v) is 6.62. The first kappa shape index (κ1) is 17.0. The number of para-hydroxylation sites is 1. The average Bonchev–Trinajstić information content (AvgIpc) is 3.06. The molecule has 0 spiro atoms. The number of hydrogen-bond donors (Lipinski definition) is 1. The highest BCUT2D eigenvalue weighted by atomic mass is 16.1. The lowest BCUT2D eigenvalue weighted by Gasteiger charge is -2.10. The lowest BCUT2D eigenvalue weighted by Crippen LogP contribution is -2.14. The molecule has 0 aliphatic heterocycles. The maximum atomic E-state index is 12.8. The fourth-order valence-electron chi connectivity index (χ4n) is 3.11. The Kier molecular flexibility index (Phi) is 4.20. The Morgan fingerprint density at radius 3 is 2.63 bits per heavy atom. The number of hydrogen-bond acceptors (Lipinski definition) is 3. The van der Waals surface area contributed by atoms with Crippen LogP contribution >= 0.6 is 0 Å². The van der Waals surface area contributed by atoms with Gasteiger partial charge in [0.1, 0.15) is 0 Å². The summed E-state index contributed by atoms with van der Waals surface area (Å²) in [4.78, 5) is 17.4. The van der Waals surface area contributed by atoms with Crippen LogP contribution in [0.1, 0.15) is 27.2 Å². The van der Waals surface area contributed by atoms with Gasteiger partial charge in [-0.2, -0.15) is 5.10 Å². The molecule has 0 saturated carbocycles. The zero-order chi connectivity index (χ0) is 19.0. The van der Waals surface area contributed by atoms with Gasteiger partial charge in [-0.1, -0.05) is 30.3 Å². The van der Waals surface area contributed by atoms with E-state index in [-0.39, 0.29) is 5.91 Å². The molecule has 0 aliphatic carbocycles. The summed E-state index contributed by atoms with van der Waals surface area (Å²) in [6.45, 7) is 5.90. The zero-order valence-electron chi connectivity index (χ0n) is 15.5. The number of carbonyl (C=O) groups excluding carboxylic acids is 1. The van der Waals surface area contributed by atoms with E-state index < -0.39 is 0 Å². The van der Waals surface area contributed by atoms with Crippen LogP contribution in [0.25, 0.3) is 16.7 Å². The van der Waals surface area contributed by atoms with Crippen LogP contribution in [0.3, 0.4) is 0 Å². The summed E-state index contributed by atoms with van der Waals surface area (Å²) in [5.41, 5.74) is 5.20. The van der Waals surface area contributed by atoms with Crippen LogP contribution in [0.15, 0.2) is 60.8 Å². The van der Waals surface area contributed by atoms with Crippen LogP contribution in [-0.2, 0) is 0 Å². The summed E-state index contributed by atoms with van der Waals surface area (Å²) >= 11 is 0. The molecule has 2 aromatic heterocycles. The lowest BCUT2D eigenvalue weighted by atomic mass is 10.1. The number of carbonyl (C=O) groups is 1. The fourth-order valence-corrected chi connectivity index (χ4v) is 3.11. The minimum absolute atomic E-state index is 0.173. The van der Waals surface area contributed by atoms with E-state index in [9.17, 15) is 4.79 Å². The molecule has 0 bridgehead atoms. The van der Waals surface area contributed by atoms with E-state index in [1.165, 1.54) is 0 Å². The Balaban J connectivity index is 1.66. The Labute approximate surface area is 157 Å². The maximum absolute atomic E-state index is 12.8. The number of pyridine rings is 1. The molecule has 0 fully saturated rings. The molecule has 4 rings (SSSR count). The van der Waals surface area contributed by atoms with Crippen molar-refractivity contribution in [1.29, 1.82) is 0 Å². The van der Waals surface area contributed by atoms with E-state index in [0.717, 1.165) is 33.4 Å². The van der Waals surface area contributed by atoms with Gasteiger partial charge in [-0.25, -0.2) is 9.67 Å². The number of anilines is 1. The molecule has 4 aromatic rings. The third-order valence-corrected chi connectivity index (χ3v) is 4.91. The second-order valence-electron chi connectivity index (χ2n) is 6.62. The van der Waals surface area contributed by atoms with Crippen molar-refractivity contribution in [3.8, 4) is 5.82 Å². The van der Waals surface area contributed by atoms with Crippen LogP contribution in [-0.4, -0.2) is 20.7 Å². The Hall–Kier alpha value is -3.47. The highest BCUT2D eigenvalue weighted by Crippen LogP contribution is 2.21. The highest BCUT2D eigenvalue weighted by molar-refractivity contribution is 6.05. The molecule has 0 unspecified atom stereocenters. The summed E-state index contributed by atoms with van der Waals surface area (Å²) < 4.78 is 1.70. The van der Waals surface area contributed by atoms with Crippen molar-refractivity contribution in [2.24, 2.45) is 0 Å². The minimum Gasteiger partial charge on any atom is -0.322 e. The zero-order valence-corrected chi connectivity index (χ0v) is 15.5. The number of nitrogens with zero attached hydrogens (tertiary/aromatic N) is 3. The lowest BCUT2D eigenvalue weighted by molar-refractivity contribution is 0.102. The highest BCUT2D eigenvalue weighted by Gasteiger charge is 2.17. The van der Waals surface area contributed by atoms with Gasteiger partial charge in [-0.3, -0.25) is 4.79 Å². The topological polar surface area (TPSA) is 59.8 Å². The molecule has 1 amide bonds. The molecule has 2 aromatic carbocycles. The van der Waals surface area contributed by atoms with Gasteiger partial charge in [0.05, 0.1) is 23.0 Å². The van der Waals surface area contributed by atoms with Crippen LogP contribution < -0.4 is 5.32 Å². The van der Waals surface area contributed by atoms with E-state index in [1.54, 1.807) is 10.9 Å². The Morgan fingerprint density at radius 2 is 1.78 bits per heavy atom. The van der Waals surface area contributed by atoms with Crippen molar-refractivity contribution in [3.63, 3.8) is 0 Å². The van der Waals surface area contributed by atoms with E-state index in [4.69, 9.17) is 0 Å². The molecule has 0 aliphatic rings. The van der Waals surface area contributed by atoms with Gasteiger partial charge in [0.2, 0.25) is 0 Å². The number of aryl methyl sites for hydroxylation is 1. The number of benzene rings is 2. The normalized spacial score (nSPS) is 10.9. The monoisotopic (exact) mass is 356 g/mol. The molecule has 0 atom stereocenters. The molecular weight excluding hydrogens is 336 g/mol. The fraction of sp³-hybridized carbons (Fsp3) is 0.136. The molecule has 2 heterocycles. The first-order valence-electron chi connectivity index (χ1n) is 8.83. The van der Waals surface area contributed by atoms with Crippen LogP contribution in [0.5, 0.6) is 0 Å². The van der Waals surface area contributed by atoms with Crippen LogP contribution in [0.2, 0.25) is 0 Å². The quantitative estimate of drug-likeness (QED) is 0.584. The molecule has 27 heavy (non-hydrogen) atoms. The molecule has 0 radical (unpaired) electrons. The number of nitrogens with one attached hydrogen (secondary N) is 1. The number of rotatable bonds is 3. The Bertz CT molecular complexity index is 1160. The standard InChI is InChI=1S/C22H20N4O/c1-14-7-6-10-19(15(14)2)25-22(27)18-13-23-26(16(18)3)21-12-11-17-8-4-5-9-20(17)24-21/h4-13H,1-3H3,(H,25,27). The minimum atomic E-state index is -0.173. The summed E-state index contributed by atoms with van der Waals surface area (Å²) in [6.07, 6.45) is 1.59. The van der Waals surface area contributed by atoms with Gasteiger partial charge < -0.3 is 5.32 Å². The summed E-state index contributed by atoms with van der Waals surface area (Å²) in [6, 6.07) is 17.7. The van der Waals surface area contributed by atoms with E-state index >= 15 is 0 Å². The molecule has 0 saturated heterocycles. The largest absolute Gasteiger partial charge is 0.322 e. The summed E-state index contributed by atoms with van der Waals surface area (Å²) in [7, 11) is 0. The predicted molar refractivity (Wildman–Crippen MR) is 107 cm³/mol. The maximum Gasteiger partial charge on any atom is 0.259 e. The van der Waals surface area contributed by atoms with Gasteiger partial charge in [-0.05, 0) is 56.2 Å². The van der Waals surface area contributed by atoms with Crippen molar-refractivity contribution >= 4 is 22.5 Å². The first-order valence-corrected chi connectivity index (χ1v) is 8.83. The van der Waals surface area contributed by atoms with Gasteiger partial charge in [0, 0.05) is 11.1 Å². The Morgan fingerprint density at radius 1 is 0.963 bits per heavy atom. The van der Waals surface area contributed by atoms with Crippen molar-refractivity contribution in [2.45, 2.75) is 20.8 Å². The molecule has 1 N–H and O–H groups in total. The predicted octanol–water partition coefficient (Wildman–Crippen LogP) is 4.60. The second kappa shape index (κ2) is 6.68. The van der Waals surface area contributed by atoms with Gasteiger partial charge >= 0.3 is 0 Å². The van der Waals surface area contributed by atoms with Crippen molar-refractivity contribution in [2.75, 3.05) is 5.32 Å². The third kappa shape index (κ3) is 3.08. The van der Waals surface area contributed by atoms with Crippen molar-refractivity contribution in [3.05, 3.63) is 83.2 Å². The van der Waals surface area contributed by atoms with E-state index in [2.05, 4.69) is 15.4 Å². The molecular formula is C22H20N4O. The van der Waals surface area contributed by atoms with Crippen molar-refractivity contribution < 1.29 is 4.79 Å². The third-order valence-electron chi connectivity index (χ3n) is 4.91. The van der Waals surface area contributed by atoms with Gasteiger partial charge in [-0.15, -0.1) is 0 Å². The summed E-state index contributed by atoms with van der Waals surface area (Å²) in [5, 5.41) is 8.45.